The van der Waals surface area contributed by atoms with Crippen LogP contribution in [-0.2, 0) is 6.54 Å². The van der Waals surface area contributed by atoms with Crippen LogP contribution in [0, 0.1) is 0 Å². The molecule has 2 aromatic rings. The number of aromatic nitrogens is 3. The Labute approximate surface area is 125 Å². The predicted octanol–water partition coefficient (Wildman–Crippen LogP) is 2.03. The van der Waals surface area contributed by atoms with Gasteiger partial charge >= 0.3 is 0 Å². The highest BCUT2D eigenvalue weighted by Gasteiger charge is 2.15. The summed E-state index contributed by atoms with van der Waals surface area (Å²) in [6.07, 6.45) is 3.26. The SMILES string of the molecule is COc1ccc([C@H](C)N[C@@H](C)Cn2cncn2)c(OC)c1. The topological polar surface area (TPSA) is 61.2 Å². The Bertz CT molecular complexity index is 557. The van der Waals surface area contributed by atoms with Crippen molar-refractivity contribution in [2.24, 2.45) is 0 Å². The molecule has 21 heavy (non-hydrogen) atoms. The Kier molecular flexibility index (Phi) is 5.16. The van der Waals surface area contributed by atoms with Gasteiger partial charge in [-0.15, -0.1) is 0 Å². The molecule has 1 N–H and O–H groups in total. The number of ether oxygens (including phenoxy) is 2. The molecule has 6 heteroatoms. The van der Waals surface area contributed by atoms with E-state index in [0.29, 0.717) is 0 Å². The summed E-state index contributed by atoms with van der Waals surface area (Å²) >= 11 is 0. The first-order valence-electron chi connectivity index (χ1n) is 6.94. The number of nitrogens with one attached hydrogen (secondary N) is 1. The zero-order valence-corrected chi connectivity index (χ0v) is 12.9. The van der Waals surface area contributed by atoms with Gasteiger partial charge < -0.3 is 14.8 Å². The maximum absolute atomic E-state index is 5.45. The molecule has 0 unspecified atom stereocenters. The van der Waals surface area contributed by atoms with E-state index >= 15 is 0 Å². The first-order chi connectivity index (χ1) is 10.1. The first kappa shape index (κ1) is 15.3. The molecule has 2 atom stereocenters. The molecular weight excluding hydrogens is 268 g/mol. The molecule has 114 valence electrons. The lowest BCUT2D eigenvalue weighted by molar-refractivity contribution is 0.374. The smallest absolute Gasteiger partial charge is 0.137 e. The third kappa shape index (κ3) is 3.95. The lowest BCUT2D eigenvalue weighted by Gasteiger charge is -2.22. The summed E-state index contributed by atoms with van der Waals surface area (Å²) in [5.74, 6) is 1.61. The number of rotatable bonds is 7. The fraction of sp³-hybridized carbons (Fsp3) is 0.467. The van der Waals surface area contributed by atoms with Gasteiger partial charge in [0, 0.05) is 23.7 Å². The van der Waals surface area contributed by atoms with Crippen LogP contribution in [0.2, 0.25) is 0 Å². The molecule has 0 saturated heterocycles. The van der Waals surface area contributed by atoms with Gasteiger partial charge in [-0.25, -0.2) is 4.98 Å². The van der Waals surface area contributed by atoms with E-state index in [1.165, 1.54) is 0 Å². The van der Waals surface area contributed by atoms with Gasteiger partial charge in [0.05, 0.1) is 20.8 Å². The Morgan fingerprint density at radius 3 is 2.67 bits per heavy atom. The molecule has 1 aromatic heterocycles. The molecule has 6 nitrogen and oxygen atoms in total. The Balaban J connectivity index is 2.03. The second-order valence-electron chi connectivity index (χ2n) is 5.01. The average molecular weight is 290 g/mol. The predicted molar refractivity (Wildman–Crippen MR) is 80.6 cm³/mol. The second-order valence-corrected chi connectivity index (χ2v) is 5.01. The van der Waals surface area contributed by atoms with Crippen molar-refractivity contribution < 1.29 is 9.47 Å². The molecule has 0 aliphatic heterocycles. The number of hydrogen-bond acceptors (Lipinski definition) is 5. The molecule has 0 saturated carbocycles. The van der Waals surface area contributed by atoms with Gasteiger partial charge in [0.25, 0.3) is 0 Å². The van der Waals surface area contributed by atoms with Gasteiger partial charge in [-0.1, -0.05) is 6.07 Å². The molecule has 0 aliphatic rings. The van der Waals surface area contributed by atoms with Crippen molar-refractivity contribution >= 4 is 0 Å². The third-order valence-corrected chi connectivity index (χ3v) is 3.37. The van der Waals surface area contributed by atoms with Gasteiger partial charge in [0.15, 0.2) is 0 Å². The fourth-order valence-corrected chi connectivity index (χ4v) is 2.35. The van der Waals surface area contributed by atoms with Gasteiger partial charge in [-0.05, 0) is 19.9 Å². The van der Waals surface area contributed by atoms with Crippen molar-refractivity contribution in [2.75, 3.05) is 14.2 Å². The van der Waals surface area contributed by atoms with Gasteiger partial charge in [0.2, 0.25) is 0 Å². The van der Waals surface area contributed by atoms with Crippen LogP contribution in [0.4, 0.5) is 0 Å². The highest BCUT2D eigenvalue weighted by Crippen LogP contribution is 2.29. The van der Waals surface area contributed by atoms with Crippen molar-refractivity contribution in [2.45, 2.75) is 32.5 Å². The van der Waals surface area contributed by atoms with Gasteiger partial charge in [-0.2, -0.15) is 5.10 Å². The summed E-state index contributed by atoms with van der Waals surface area (Å²) < 4.78 is 12.5. The van der Waals surface area contributed by atoms with Crippen molar-refractivity contribution in [1.29, 1.82) is 0 Å². The van der Waals surface area contributed by atoms with Crippen LogP contribution in [0.25, 0.3) is 0 Å². The van der Waals surface area contributed by atoms with Gasteiger partial charge in [0.1, 0.15) is 24.2 Å². The lowest BCUT2D eigenvalue weighted by Crippen LogP contribution is -2.33. The van der Waals surface area contributed by atoms with Crippen molar-refractivity contribution in [3.05, 3.63) is 36.4 Å². The summed E-state index contributed by atoms with van der Waals surface area (Å²) in [6.45, 7) is 5.00. The first-order valence-corrected chi connectivity index (χ1v) is 6.94. The van der Waals surface area contributed by atoms with Crippen molar-refractivity contribution in [3.63, 3.8) is 0 Å². The van der Waals surface area contributed by atoms with Crippen molar-refractivity contribution in [3.8, 4) is 11.5 Å². The largest absolute Gasteiger partial charge is 0.497 e. The van der Waals surface area contributed by atoms with E-state index in [1.807, 2.05) is 22.9 Å². The molecular formula is C15H22N4O2. The molecule has 0 bridgehead atoms. The molecule has 1 aromatic carbocycles. The standard InChI is InChI=1S/C15H22N4O2/c1-11(8-19-10-16-9-17-19)18-12(2)14-6-5-13(20-3)7-15(14)21-4/h5-7,9-12,18H,8H2,1-4H3/t11-,12-/m0/s1. The summed E-state index contributed by atoms with van der Waals surface area (Å²) in [7, 11) is 3.32. The van der Waals surface area contributed by atoms with Crippen LogP contribution in [0.3, 0.4) is 0 Å². The zero-order valence-electron chi connectivity index (χ0n) is 12.9. The molecule has 0 radical (unpaired) electrons. The molecule has 0 fully saturated rings. The van der Waals surface area contributed by atoms with E-state index in [1.54, 1.807) is 26.9 Å². The summed E-state index contributed by atoms with van der Waals surface area (Å²) in [5.41, 5.74) is 1.10. The minimum atomic E-state index is 0.157. The van der Waals surface area contributed by atoms with Crippen LogP contribution in [-0.4, -0.2) is 35.0 Å². The Morgan fingerprint density at radius 1 is 1.24 bits per heavy atom. The van der Waals surface area contributed by atoms with E-state index in [9.17, 15) is 0 Å². The normalized spacial score (nSPS) is 13.7. The highest BCUT2D eigenvalue weighted by atomic mass is 16.5. The quantitative estimate of drug-likeness (QED) is 0.845. The highest BCUT2D eigenvalue weighted by molar-refractivity contribution is 5.42. The van der Waals surface area contributed by atoms with Crippen LogP contribution in [0.1, 0.15) is 25.5 Å². The summed E-state index contributed by atoms with van der Waals surface area (Å²) in [6, 6.07) is 6.28. The minimum Gasteiger partial charge on any atom is -0.497 e. The molecule has 1 heterocycles. The van der Waals surface area contributed by atoms with E-state index < -0.39 is 0 Å². The van der Waals surface area contributed by atoms with E-state index in [-0.39, 0.29) is 12.1 Å². The van der Waals surface area contributed by atoms with Crippen LogP contribution < -0.4 is 14.8 Å². The number of methoxy groups -OCH3 is 2. The van der Waals surface area contributed by atoms with E-state index in [0.717, 1.165) is 23.6 Å². The molecule has 0 spiro atoms. The van der Waals surface area contributed by atoms with Crippen LogP contribution in [0.15, 0.2) is 30.9 Å². The number of hydrogen-bond donors (Lipinski definition) is 1. The van der Waals surface area contributed by atoms with Gasteiger partial charge in [-0.3, -0.25) is 4.68 Å². The summed E-state index contributed by atoms with van der Waals surface area (Å²) in [5, 5.41) is 7.65. The number of nitrogens with zero attached hydrogens (tertiary/aromatic N) is 3. The zero-order chi connectivity index (χ0) is 15.2. The lowest BCUT2D eigenvalue weighted by atomic mass is 10.1. The third-order valence-electron chi connectivity index (χ3n) is 3.37. The maximum Gasteiger partial charge on any atom is 0.137 e. The van der Waals surface area contributed by atoms with Crippen LogP contribution in [0.5, 0.6) is 11.5 Å². The average Bonchev–Trinajstić information content (AvgIpc) is 2.99. The molecule has 0 aliphatic carbocycles. The van der Waals surface area contributed by atoms with Crippen molar-refractivity contribution in [1.82, 2.24) is 20.1 Å². The number of benzene rings is 1. The maximum atomic E-state index is 5.45. The monoisotopic (exact) mass is 290 g/mol. The Hall–Kier alpha value is -2.08. The molecule has 0 amide bonds. The second kappa shape index (κ2) is 7.08. The molecule has 2 rings (SSSR count). The summed E-state index contributed by atoms with van der Waals surface area (Å²) in [4.78, 5) is 3.95. The minimum absolute atomic E-state index is 0.157. The van der Waals surface area contributed by atoms with Crippen LogP contribution >= 0.6 is 0 Å². The van der Waals surface area contributed by atoms with E-state index in [2.05, 4.69) is 29.2 Å². The van der Waals surface area contributed by atoms with E-state index in [4.69, 9.17) is 9.47 Å². The Morgan fingerprint density at radius 2 is 2.05 bits per heavy atom. The fourth-order valence-electron chi connectivity index (χ4n) is 2.35.